The van der Waals surface area contributed by atoms with E-state index in [1.54, 1.807) is 0 Å². The fourth-order valence-corrected chi connectivity index (χ4v) is 3.95. The van der Waals surface area contributed by atoms with E-state index in [1.165, 1.54) is 61.3 Å². The number of hydrogen-bond donors (Lipinski definition) is 2. The first-order valence-corrected chi connectivity index (χ1v) is 12.1. The number of carbonyl (C=O) groups excluding carboxylic acids is 3. The van der Waals surface area contributed by atoms with Crippen molar-refractivity contribution in [2.45, 2.75) is 70.8 Å². The number of piperazine rings is 1. The van der Waals surface area contributed by atoms with E-state index < -0.39 is 23.7 Å². The molecule has 0 aliphatic carbocycles. The predicted molar refractivity (Wildman–Crippen MR) is 128 cm³/mol. The molecule has 1 fully saturated rings. The second kappa shape index (κ2) is 14.6. The fraction of sp³-hybridized carbons (Fsp3) is 0.583. The zero-order chi connectivity index (χ0) is 24.1. The molecule has 0 bridgehead atoms. The van der Waals surface area contributed by atoms with Crippen LogP contribution in [0.1, 0.15) is 75.1 Å². The van der Waals surface area contributed by atoms with E-state index >= 15 is 0 Å². The smallest absolute Gasteiger partial charge is 0.308 e. The maximum Gasteiger partial charge on any atom is 0.308 e. The van der Waals surface area contributed by atoms with Gasteiger partial charge in [-0.25, -0.2) is 4.39 Å². The van der Waals surface area contributed by atoms with Gasteiger partial charge in [-0.15, -0.1) is 0 Å². The molecule has 1 saturated heterocycles. The predicted octanol–water partition coefficient (Wildman–Crippen LogP) is 3.71. The first-order valence-electron chi connectivity index (χ1n) is 11.7. The summed E-state index contributed by atoms with van der Waals surface area (Å²) in [4.78, 5) is 38.6. The molecular formula is C24H34FN3O4S. The number of esters is 1. The van der Waals surface area contributed by atoms with Gasteiger partial charge in [0.25, 0.3) is 5.91 Å². The summed E-state index contributed by atoms with van der Waals surface area (Å²) in [7, 11) is 0. The highest BCUT2D eigenvalue weighted by Crippen LogP contribution is 2.13. The third kappa shape index (κ3) is 9.45. The fourth-order valence-electron chi connectivity index (χ4n) is 3.64. The molecule has 2 amide bonds. The molecule has 33 heavy (non-hydrogen) atoms. The van der Waals surface area contributed by atoms with Crippen LogP contribution in [-0.4, -0.2) is 53.5 Å². The highest BCUT2D eigenvalue weighted by Gasteiger charge is 2.34. The summed E-state index contributed by atoms with van der Waals surface area (Å²) in [5.41, 5.74) is 0.238. The monoisotopic (exact) mass is 479 g/mol. The Morgan fingerprint density at radius 3 is 2.42 bits per heavy atom. The number of nitrogens with zero attached hydrogens (tertiary/aromatic N) is 1. The van der Waals surface area contributed by atoms with Gasteiger partial charge in [0.05, 0.1) is 13.0 Å². The Morgan fingerprint density at radius 1 is 1.12 bits per heavy atom. The van der Waals surface area contributed by atoms with Crippen molar-refractivity contribution in [2.75, 3.05) is 19.7 Å². The van der Waals surface area contributed by atoms with Crippen molar-refractivity contribution < 1.29 is 23.5 Å². The van der Waals surface area contributed by atoms with Gasteiger partial charge in [-0.05, 0) is 42.9 Å². The Labute approximate surface area is 200 Å². The highest BCUT2D eigenvalue weighted by atomic mass is 32.1. The Kier molecular flexibility index (Phi) is 11.8. The minimum Gasteiger partial charge on any atom is -0.466 e. The molecule has 1 aliphatic heterocycles. The Balaban J connectivity index is 1.77. The van der Waals surface area contributed by atoms with Crippen molar-refractivity contribution in [3.63, 3.8) is 0 Å². The molecule has 0 radical (unpaired) electrons. The number of thiocarbonyl (C=S) groups is 1. The SMILES string of the molecule is CCCCCCCCCCOC(=O)CC1C(=O)NCCN1C(=S)NC(=O)c1ccc(F)cc1. The Bertz CT molecular complexity index is 803. The third-order valence-corrected chi connectivity index (χ3v) is 5.88. The van der Waals surface area contributed by atoms with Crippen LogP contribution in [-0.2, 0) is 14.3 Å². The van der Waals surface area contributed by atoms with Crippen LogP contribution in [0.4, 0.5) is 4.39 Å². The van der Waals surface area contributed by atoms with Gasteiger partial charge in [-0.2, -0.15) is 0 Å². The van der Waals surface area contributed by atoms with Gasteiger partial charge < -0.3 is 15.0 Å². The number of hydrogen-bond acceptors (Lipinski definition) is 5. The molecule has 0 aromatic heterocycles. The molecule has 1 aliphatic rings. The molecule has 1 unspecified atom stereocenters. The summed E-state index contributed by atoms with van der Waals surface area (Å²) in [5, 5.41) is 5.32. The number of benzene rings is 1. The number of amides is 2. The lowest BCUT2D eigenvalue weighted by molar-refractivity contribution is -0.147. The number of halogens is 1. The zero-order valence-corrected chi connectivity index (χ0v) is 20.1. The number of unbranched alkanes of at least 4 members (excludes halogenated alkanes) is 7. The lowest BCUT2D eigenvalue weighted by Gasteiger charge is -2.36. The Morgan fingerprint density at radius 2 is 1.76 bits per heavy atom. The average Bonchev–Trinajstić information content (AvgIpc) is 2.79. The minimum absolute atomic E-state index is 0.0417. The van der Waals surface area contributed by atoms with Crippen LogP contribution in [0.2, 0.25) is 0 Å². The van der Waals surface area contributed by atoms with E-state index in [-0.39, 0.29) is 23.0 Å². The van der Waals surface area contributed by atoms with Crippen molar-refractivity contribution >= 4 is 35.1 Å². The van der Waals surface area contributed by atoms with Crippen LogP contribution in [0.3, 0.4) is 0 Å². The van der Waals surface area contributed by atoms with E-state index in [9.17, 15) is 18.8 Å². The lowest BCUT2D eigenvalue weighted by Crippen LogP contribution is -2.60. The molecule has 0 saturated carbocycles. The summed E-state index contributed by atoms with van der Waals surface area (Å²) >= 11 is 5.32. The summed E-state index contributed by atoms with van der Waals surface area (Å²) in [6.07, 6.45) is 9.01. The topological polar surface area (TPSA) is 87.7 Å². The van der Waals surface area contributed by atoms with Gasteiger partial charge in [-0.3, -0.25) is 19.7 Å². The van der Waals surface area contributed by atoms with Gasteiger partial charge in [-0.1, -0.05) is 51.9 Å². The molecule has 7 nitrogen and oxygen atoms in total. The first-order chi connectivity index (χ1) is 15.9. The third-order valence-electron chi connectivity index (χ3n) is 5.54. The van der Waals surface area contributed by atoms with Crippen molar-refractivity contribution in [3.8, 4) is 0 Å². The summed E-state index contributed by atoms with van der Waals surface area (Å²) in [6.45, 7) is 3.22. The van der Waals surface area contributed by atoms with Gasteiger partial charge in [0.15, 0.2) is 5.11 Å². The van der Waals surface area contributed by atoms with Gasteiger partial charge in [0.1, 0.15) is 11.9 Å². The van der Waals surface area contributed by atoms with E-state index in [0.717, 1.165) is 19.3 Å². The average molecular weight is 480 g/mol. The molecule has 2 rings (SSSR count). The van der Waals surface area contributed by atoms with E-state index in [2.05, 4.69) is 17.6 Å². The molecule has 0 spiro atoms. The van der Waals surface area contributed by atoms with Crippen LogP contribution in [0, 0.1) is 5.82 Å². The minimum atomic E-state index is -0.856. The second-order valence-corrected chi connectivity index (χ2v) is 8.55. The van der Waals surface area contributed by atoms with E-state index in [1.807, 2.05) is 0 Å². The van der Waals surface area contributed by atoms with Crippen LogP contribution >= 0.6 is 12.2 Å². The number of carbonyl (C=O) groups is 3. The van der Waals surface area contributed by atoms with Crippen LogP contribution in [0.25, 0.3) is 0 Å². The number of nitrogens with one attached hydrogen (secondary N) is 2. The van der Waals surface area contributed by atoms with Crippen molar-refractivity contribution in [1.82, 2.24) is 15.5 Å². The number of rotatable bonds is 12. The van der Waals surface area contributed by atoms with Gasteiger partial charge in [0, 0.05) is 18.7 Å². The standard InChI is InChI=1S/C24H34FN3O4S/c1-2-3-4-5-6-7-8-9-16-32-21(29)17-20-23(31)26-14-15-28(20)24(33)27-22(30)18-10-12-19(25)13-11-18/h10-13,20H,2-9,14-17H2,1H3,(H,26,31)(H,27,30,33). The summed E-state index contributed by atoms with van der Waals surface area (Å²) in [5.74, 6) is -1.78. The first kappa shape index (κ1) is 26.7. The molecule has 9 heteroatoms. The largest absolute Gasteiger partial charge is 0.466 e. The summed E-state index contributed by atoms with van der Waals surface area (Å²) in [6, 6.07) is 4.19. The van der Waals surface area contributed by atoms with E-state index in [4.69, 9.17) is 17.0 Å². The van der Waals surface area contributed by atoms with Crippen LogP contribution < -0.4 is 10.6 Å². The Hall–Kier alpha value is -2.55. The van der Waals surface area contributed by atoms with Crippen LogP contribution in [0.15, 0.2) is 24.3 Å². The molecule has 1 heterocycles. The maximum absolute atomic E-state index is 13.1. The maximum atomic E-state index is 13.1. The molecular weight excluding hydrogens is 445 g/mol. The number of ether oxygens (including phenoxy) is 1. The van der Waals surface area contributed by atoms with Crippen LogP contribution in [0.5, 0.6) is 0 Å². The quantitative estimate of drug-likeness (QED) is 0.270. The normalized spacial score (nSPS) is 15.6. The van der Waals surface area contributed by atoms with Gasteiger partial charge in [0.2, 0.25) is 5.91 Å². The second-order valence-electron chi connectivity index (χ2n) is 8.17. The molecule has 1 atom stereocenters. The lowest BCUT2D eigenvalue weighted by atomic mass is 10.1. The van der Waals surface area contributed by atoms with Gasteiger partial charge >= 0.3 is 5.97 Å². The van der Waals surface area contributed by atoms with E-state index in [0.29, 0.717) is 19.7 Å². The molecule has 182 valence electrons. The highest BCUT2D eigenvalue weighted by molar-refractivity contribution is 7.80. The molecule has 2 N–H and O–H groups in total. The van der Waals surface area contributed by atoms with Crippen molar-refractivity contribution in [3.05, 3.63) is 35.6 Å². The molecule has 1 aromatic rings. The molecule has 1 aromatic carbocycles. The zero-order valence-electron chi connectivity index (χ0n) is 19.2. The van der Waals surface area contributed by atoms with Crippen molar-refractivity contribution in [2.24, 2.45) is 0 Å². The summed E-state index contributed by atoms with van der Waals surface area (Å²) < 4.78 is 18.4. The van der Waals surface area contributed by atoms with Crippen molar-refractivity contribution in [1.29, 1.82) is 0 Å².